The van der Waals surface area contributed by atoms with E-state index in [1.807, 2.05) is 6.07 Å². The first-order valence-corrected chi connectivity index (χ1v) is 6.57. The number of unbranched alkanes of at least 4 members (excludes halogenated alkanes) is 1. The van der Waals surface area contributed by atoms with Crippen LogP contribution in [0.5, 0.6) is 5.75 Å². The second kappa shape index (κ2) is 6.54. The highest BCUT2D eigenvalue weighted by molar-refractivity contribution is 6.30. The molecule has 0 unspecified atom stereocenters. The summed E-state index contributed by atoms with van der Waals surface area (Å²) >= 11 is 6.00. The molecular weight excluding hydrogens is 266 g/mol. The SMILES string of the molecule is CCCCOc1ccc(Cl)cc1-c1noc(CN)n1. The van der Waals surface area contributed by atoms with E-state index < -0.39 is 0 Å². The molecule has 2 rings (SSSR count). The van der Waals surface area contributed by atoms with Gasteiger partial charge in [-0.25, -0.2) is 0 Å². The monoisotopic (exact) mass is 281 g/mol. The fourth-order valence-electron chi connectivity index (χ4n) is 1.58. The van der Waals surface area contributed by atoms with Gasteiger partial charge in [0.15, 0.2) is 0 Å². The van der Waals surface area contributed by atoms with Crippen LogP contribution in [0.25, 0.3) is 11.4 Å². The molecule has 0 saturated heterocycles. The Hall–Kier alpha value is -1.59. The lowest BCUT2D eigenvalue weighted by atomic mass is 10.2. The molecule has 0 atom stereocenters. The Morgan fingerprint density at radius 2 is 2.26 bits per heavy atom. The molecule has 0 aliphatic carbocycles. The van der Waals surface area contributed by atoms with Crippen LogP contribution in [-0.2, 0) is 6.54 Å². The second-order valence-electron chi connectivity index (χ2n) is 4.06. The Kier molecular flexibility index (Phi) is 4.76. The van der Waals surface area contributed by atoms with Gasteiger partial charge >= 0.3 is 0 Å². The molecule has 0 aliphatic heterocycles. The number of halogens is 1. The van der Waals surface area contributed by atoms with Crippen molar-refractivity contribution in [3.63, 3.8) is 0 Å². The summed E-state index contributed by atoms with van der Waals surface area (Å²) < 4.78 is 10.7. The van der Waals surface area contributed by atoms with Crippen LogP contribution in [0.3, 0.4) is 0 Å². The minimum atomic E-state index is 0.208. The maximum atomic E-state index is 6.00. The lowest BCUT2D eigenvalue weighted by molar-refractivity contribution is 0.310. The van der Waals surface area contributed by atoms with Gasteiger partial charge in [0.25, 0.3) is 0 Å². The Morgan fingerprint density at radius 3 is 2.95 bits per heavy atom. The molecule has 2 N–H and O–H groups in total. The number of ether oxygens (including phenoxy) is 1. The fraction of sp³-hybridized carbons (Fsp3) is 0.385. The van der Waals surface area contributed by atoms with E-state index in [9.17, 15) is 0 Å². The van der Waals surface area contributed by atoms with Crippen LogP contribution in [0.15, 0.2) is 22.7 Å². The Morgan fingerprint density at radius 1 is 1.42 bits per heavy atom. The second-order valence-corrected chi connectivity index (χ2v) is 4.49. The van der Waals surface area contributed by atoms with E-state index in [0.29, 0.717) is 34.7 Å². The molecule has 2 aromatic rings. The molecular formula is C13H16ClN3O2. The Bertz CT molecular complexity index is 542. The zero-order chi connectivity index (χ0) is 13.7. The van der Waals surface area contributed by atoms with E-state index in [4.69, 9.17) is 26.6 Å². The normalized spacial score (nSPS) is 10.7. The first-order valence-electron chi connectivity index (χ1n) is 6.20. The van der Waals surface area contributed by atoms with Gasteiger partial charge in [0.1, 0.15) is 5.75 Å². The molecule has 1 heterocycles. The van der Waals surface area contributed by atoms with E-state index in [1.165, 1.54) is 0 Å². The average molecular weight is 282 g/mol. The van der Waals surface area contributed by atoms with Crippen LogP contribution in [-0.4, -0.2) is 16.7 Å². The fourth-order valence-corrected chi connectivity index (χ4v) is 1.75. The molecule has 0 spiro atoms. The lowest BCUT2D eigenvalue weighted by Crippen LogP contribution is -1.99. The zero-order valence-electron chi connectivity index (χ0n) is 10.7. The largest absolute Gasteiger partial charge is 0.493 e. The number of benzene rings is 1. The van der Waals surface area contributed by atoms with Crippen molar-refractivity contribution >= 4 is 11.6 Å². The van der Waals surface area contributed by atoms with Crippen molar-refractivity contribution in [1.29, 1.82) is 0 Å². The van der Waals surface area contributed by atoms with Crippen LogP contribution in [0.1, 0.15) is 25.7 Å². The van der Waals surface area contributed by atoms with Crippen molar-refractivity contribution in [2.45, 2.75) is 26.3 Å². The van der Waals surface area contributed by atoms with Crippen molar-refractivity contribution in [3.8, 4) is 17.1 Å². The quantitative estimate of drug-likeness (QED) is 0.824. The zero-order valence-corrected chi connectivity index (χ0v) is 11.5. The molecule has 1 aromatic heterocycles. The third kappa shape index (κ3) is 3.45. The molecule has 1 aromatic carbocycles. The van der Waals surface area contributed by atoms with Crippen molar-refractivity contribution in [2.24, 2.45) is 5.73 Å². The highest BCUT2D eigenvalue weighted by Gasteiger charge is 2.13. The van der Waals surface area contributed by atoms with Crippen LogP contribution in [0.4, 0.5) is 0 Å². The van der Waals surface area contributed by atoms with E-state index in [2.05, 4.69) is 17.1 Å². The smallest absolute Gasteiger partial charge is 0.240 e. The minimum absolute atomic E-state index is 0.208. The molecule has 0 fully saturated rings. The lowest BCUT2D eigenvalue weighted by Gasteiger charge is -2.09. The predicted molar refractivity (Wildman–Crippen MR) is 73.0 cm³/mol. The third-order valence-corrected chi connectivity index (χ3v) is 2.82. The average Bonchev–Trinajstić information content (AvgIpc) is 2.89. The summed E-state index contributed by atoms with van der Waals surface area (Å²) in [7, 11) is 0. The van der Waals surface area contributed by atoms with Crippen molar-refractivity contribution in [1.82, 2.24) is 10.1 Å². The highest BCUT2D eigenvalue weighted by atomic mass is 35.5. The number of nitrogens with two attached hydrogens (primary N) is 1. The summed E-state index contributed by atoms with van der Waals surface area (Å²) in [5, 5.41) is 4.48. The summed E-state index contributed by atoms with van der Waals surface area (Å²) in [6, 6.07) is 5.34. The summed E-state index contributed by atoms with van der Waals surface area (Å²) in [5.41, 5.74) is 6.17. The van der Waals surface area contributed by atoms with Crippen LogP contribution < -0.4 is 10.5 Å². The van der Waals surface area contributed by atoms with Crippen molar-refractivity contribution in [3.05, 3.63) is 29.1 Å². The molecule has 102 valence electrons. The molecule has 0 aliphatic rings. The van der Waals surface area contributed by atoms with E-state index in [-0.39, 0.29) is 6.54 Å². The van der Waals surface area contributed by atoms with E-state index in [1.54, 1.807) is 12.1 Å². The first-order chi connectivity index (χ1) is 9.24. The summed E-state index contributed by atoms with van der Waals surface area (Å²) in [5.74, 6) is 1.52. The summed E-state index contributed by atoms with van der Waals surface area (Å²) in [6.45, 7) is 2.96. The van der Waals surface area contributed by atoms with Crippen molar-refractivity contribution in [2.75, 3.05) is 6.61 Å². The molecule has 19 heavy (non-hydrogen) atoms. The summed E-state index contributed by atoms with van der Waals surface area (Å²) in [4.78, 5) is 4.19. The van der Waals surface area contributed by atoms with Crippen LogP contribution in [0.2, 0.25) is 5.02 Å². The first kappa shape index (κ1) is 13.8. The van der Waals surface area contributed by atoms with Gasteiger partial charge in [0.05, 0.1) is 18.7 Å². The van der Waals surface area contributed by atoms with Gasteiger partial charge in [-0.15, -0.1) is 0 Å². The van der Waals surface area contributed by atoms with E-state index in [0.717, 1.165) is 12.8 Å². The molecule has 0 radical (unpaired) electrons. The molecule has 5 nitrogen and oxygen atoms in total. The van der Waals surface area contributed by atoms with Gasteiger partial charge in [0, 0.05) is 5.02 Å². The van der Waals surface area contributed by atoms with Gasteiger partial charge < -0.3 is 15.0 Å². The molecule has 0 saturated carbocycles. The summed E-state index contributed by atoms with van der Waals surface area (Å²) in [6.07, 6.45) is 2.06. The Labute approximate surface area is 116 Å². The number of aromatic nitrogens is 2. The molecule has 6 heteroatoms. The number of hydrogen-bond donors (Lipinski definition) is 1. The third-order valence-electron chi connectivity index (χ3n) is 2.58. The highest BCUT2D eigenvalue weighted by Crippen LogP contribution is 2.31. The van der Waals surface area contributed by atoms with E-state index >= 15 is 0 Å². The number of hydrogen-bond acceptors (Lipinski definition) is 5. The van der Waals surface area contributed by atoms with Gasteiger partial charge in [-0.3, -0.25) is 0 Å². The maximum Gasteiger partial charge on any atom is 0.240 e. The van der Waals surface area contributed by atoms with Gasteiger partial charge in [-0.2, -0.15) is 4.98 Å². The van der Waals surface area contributed by atoms with Gasteiger partial charge in [-0.1, -0.05) is 30.1 Å². The standard InChI is InChI=1S/C13H16ClN3O2/c1-2-3-6-18-11-5-4-9(14)7-10(11)13-16-12(8-15)19-17-13/h4-5,7H,2-3,6,8,15H2,1H3. The number of rotatable bonds is 6. The topological polar surface area (TPSA) is 74.2 Å². The predicted octanol–water partition coefficient (Wildman–Crippen LogP) is 3.03. The van der Waals surface area contributed by atoms with Crippen LogP contribution in [0, 0.1) is 0 Å². The number of nitrogens with zero attached hydrogens (tertiary/aromatic N) is 2. The van der Waals surface area contributed by atoms with Gasteiger partial charge in [0.2, 0.25) is 11.7 Å². The maximum absolute atomic E-state index is 6.00. The van der Waals surface area contributed by atoms with Gasteiger partial charge in [-0.05, 0) is 24.6 Å². The minimum Gasteiger partial charge on any atom is -0.493 e. The Balaban J connectivity index is 2.28. The van der Waals surface area contributed by atoms with Crippen molar-refractivity contribution < 1.29 is 9.26 Å². The molecule has 0 bridgehead atoms. The molecule has 0 amide bonds. The van der Waals surface area contributed by atoms with Crippen LogP contribution >= 0.6 is 11.6 Å².